The lowest BCUT2D eigenvalue weighted by molar-refractivity contribution is 0.548. The Bertz CT molecular complexity index is 1340. The van der Waals surface area contributed by atoms with E-state index in [9.17, 15) is 8.78 Å². The second-order valence-electron chi connectivity index (χ2n) is 7.83. The molecule has 0 radical (unpaired) electrons. The van der Waals surface area contributed by atoms with E-state index in [-0.39, 0.29) is 22.9 Å². The fourth-order valence-corrected chi connectivity index (χ4v) is 4.74. The molecular weight excluding hydrogens is 462 g/mol. The molecule has 0 saturated carbocycles. The maximum absolute atomic E-state index is 14.0. The summed E-state index contributed by atoms with van der Waals surface area (Å²) in [5.74, 6) is -0.758. The van der Waals surface area contributed by atoms with Crippen LogP contribution in [0.2, 0.25) is 5.02 Å². The molecule has 1 saturated heterocycles. The van der Waals surface area contributed by atoms with Crippen molar-refractivity contribution >= 4 is 34.6 Å². The molecule has 2 aromatic heterocycles. The zero-order chi connectivity index (χ0) is 23.1. The highest BCUT2D eigenvalue weighted by atomic mass is 35.5. The molecular formula is C25H19ClF2N4S. The fraction of sp³-hybridized carbons (Fsp3) is 0.120. The van der Waals surface area contributed by atoms with Crippen LogP contribution in [0.4, 0.5) is 14.5 Å². The van der Waals surface area contributed by atoms with E-state index >= 15 is 0 Å². The van der Waals surface area contributed by atoms with E-state index in [1.807, 2.05) is 46.0 Å². The molecule has 5 rings (SSSR count). The van der Waals surface area contributed by atoms with Gasteiger partial charge in [0, 0.05) is 29.5 Å². The largest absolute Gasteiger partial charge is 0.351 e. The van der Waals surface area contributed by atoms with Gasteiger partial charge in [-0.15, -0.1) is 0 Å². The SMILES string of the molecule is Cc1cc(N2C(=S)N[C@H](c3ccccn3)[C@H]2c2cccn2-c2ccc(F)c(Cl)c2)ccc1F. The molecule has 8 heteroatoms. The number of thiocarbonyl (C=S) groups is 1. The number of anilines is 1. The number of rotatable bonds is 4. The zero-order valence-corrected chi connectivity index (χ0v) is 19.1. The third-order valence-electron chi connectivity index (χ3n) is 5.78. The van der Waals surface area contributed by atoms with E-state index in [0.717, 1.165) is 17.1 Å². The van der Waals surface area contributed by atoms with Crippen LogP contribution in [0.3, 0.4) is 0 Å². The summed E-state index contributed by atoms with van der Waals surface area (Å²) in [6.07, 6.45) is 3.63. The van der Waals surface area contributed by atoms with Crippen LogP contribution in [0.25, 0.3) is 5.69 Å². The van der Waals surface area contributed by atoms with Crippen LogP contribution >= 0.6 is 23.8 Å². The first-order chi connectivity index (χ1) is 15.9. The monoisotopic (exact) mass is 480 g/mol. The van der Waals surface area contributed by atoms with Crippen LogP contribution in [0.1, 0.15) is 29.0 Å². The van der Waals surface area contributed by atoms with Crippen molar-refractivity contribution in [2.24, 2.45) is 0 Å². The van der Waals surface area contributed by atoms with Gasteiger partial charge in [0.2, 0.25) is 0 Å². The highest BCUT2D eigenvalue weighted by Gasteiger charge is 2.42. The van der Waals surface area contributed by atoms with Crippen molar-refractivity contribution in [1.29, 1.82) is 0 Å². The number of pyridine rings is 1. The van der Waals surface area contributed by atoms with Crippen molar-refractivity contribution in [1.82, 2.24) is 14.9 Å². The number of halogens is 3. The van der Waals surface area contributed by atoms with Crippen molar-refractivity contribution in [2.75, 3.05) is 4.90 Å². The highest BCUT2D eigenvalue weighted by molar-refractivity contribution is 7.80. The molecule has 3 heterocycles. The minimum absolute atomic E-state index is 0.0412. The van der Waals surface area contributed by atoms with E-state index in [2.05, 4.69) is 10.3 Å². The smallest absolute Gasteiger partial charge is 0.174 e. The molecule has 4 nitrogen and oxygen atoms in total. The van der Waals surface area contributed by atoms with Crippen LogP contribution in [-0.2, 0) is 0 Å². The molecule has 2 aromatic carbocycles. The maximum atomic E-state index is 14.0. The summed E-state index contributed by atoms with van der Waals surface area (Å²) in [5.41, 5.74) is 3.71. The standard InChI is InChI=1S/C25H19ClF2N4S/c1-15-13-17(8-9-19(15)27)32-24(23(30-25(32)33)21-5-2-3-11-29-21)22-6-4-12-31(22)16-7-10-20(28)18(26)14-16/h2-14,23-24H,1H3,(H,30,33)/t23-,24-/m1/s1. The quantitative estimate of drug-likeness (QED) is 0.348. The second kappa shape index (κ2) is 8.57. The van der Waals surface area contributed by atoms with E-state index in [1.165, 1.54) is 12.1 Å². The van der Waals surface area contributed by atoms with Gasteiger partial charge in [0.25, 0.3) is 0 Å². The molecule has 0 aliphatic carbocycles. The molecule has 1 fully saturated rings. The van der Waals surface area contributed by atoms with Crippen LogP contribution < -0.4 is 10.2 Å². The summed E-state index contributed by atoms with van der Waals surface area (Å²) in [7, 11) is 0. The Morgan fingerprint density at radius 1 is 0.970 bits per heavy atom. The summed E-state index contributed by atoms with van der Waals surface area (Å²) in [5, 5.41) is 3.94. The van der Waals surface area contributed by atoms with E-state index < -0.39 is 5.82 Å². The van der Waals surface area contributed by atoms with Crippen molar-refractivity contribution in [3.05, 3.63) is 113 Å². The zero-order valence-electron chi connectivity index (χ0n) is 17.5. The molecule has 166 valence electrons. The topological polar surface area (TPSA) is 33.1 Å². The normalized spacial score (nSPS) is 17.9. The van der Waals surface area contributed by atoms with Crippen molar-refractivity contribution < 1.29 is 8.78 Å². The van der Waals surface area contributed by atoms with Crippen LogP contribution in [0.5, 0.6) is 0 Å². The summed E-state index contributed by atoms with van der Waals surface area (Å²) in [6.45, 7) is 1.72. The minimum Gasteiger partial charge on any atom is -0.351 e. The summed E-state index contributed by atoms with van der Waals surface area (Å²) in [4.78, 5) is 6.52. The number of nitrogens with zero attached hydrogens (tertiary/aromatic N) is 3. The molecule has 4 aromatic rings. The van der Waals surface area contributed by atoms with Gasteiger partial charge in [-0.3, -0.25) is 4.98 Å². The van der Waals surface area contributed by atoms with Crippen LogP contribution in [-0.4, -0.2) is 14.7 Å². The predicted octanol–water partition coefficient (Wildman–Crippen LogP) is 6.29. The average Bonchev–Trinajstić information content (AvgIpc) is 3.42. The van der Waals surface area contributed by atoms with Crippen molar-refractivity contribution in [3.8, 4) is 5.69 Å². The lowest BCUT2D eigenvalue weighted by atomic mass is 10.0. The number of hydrogen-bond donors (Lipinski definition) is 1. The average molecular weight is 481 g/mol. The Balaban J connectivity index is 1.68. The predicted molar refractivity (Wildman–Crippen MR) is 130 cm³/mol. The van der Waals surface area contributed by atoms with Gasteiger partial charge in [-0.25, -0.2) is 8.78 Å². The lowest BCUT2D eigenvalue weighted by Gasteiger charge is -2.29. The van der Waals surface area contributed by atoms with Gasteiger partial charge in [-0.1, -0.05) is 17.7 Å². The molecule has 0 bridgehead atoms. The maximum Gasteiger partial charge on any atom is 0.174 e. The highest BCUT2D eigenvalue weighted by Crippen LogP contribution is 2.42. The first kappa shape index (κ1) is 21.6. The number of nitrogens with one attached hydrogen (secondary N) is 1. The molecule has 33 heavy (non-hydrogen) atoms. The molecule has 1 N–H and O–H groups in total. The molecule has 0 amide bonds. The summed E-state index contributed by atoms with van der Waals surface area (Å²) in [6, 6.07) is 18.6. The number of hydrogen-bond acceptors (Lipinski definition) is 2. The molecule has 0 spiro atoms. The van der Waals surface area contributed by atoms with E-state index in [0.29, 0.717) is 16.4 Å². The lowest BCUT2D eigenvalue weighted by Crippen LogP contribution is -2.30. The van der Waals surface area contributed by atoms with E-state index in [1.54, 1.807) is 37.4 Å². The Morgan fingerprint density at radius 2 is 1.76 bits per heavy atom. The second-order valence-corrected chi connectivity index (χ2v) is 8.63. The first-order valence-electron chi connectivity index (χ1n) is 10.3. The fourth-order valence-electron chi connectivity index (χ4n) is 4.22. The number of aromatic nitrogens is 2. The van der Waals surface area contributed by atoms with Gasteiger partial charge in [-0.05, 0) is 85.4 Å². The Kier molecular flexibility index (Phi) is 5.60. The summed E-state index contributed by atoms with van der Waals surface area (Å²) >= 11 is 11.8. The van der Waals surface area contributed by atoms with Crippen molar-refractivity contribution in [3.63, 3.8) is 0 Å². The van der Waals surface area contributed by atoms with Gasteiger partial charge < -0.3 is 14.8 Å². The minimum atomic E-state index is -0.479. The van der Waals surface area contributed by atoms with Crippen molar-refractivity contribution in [2.45, 2.75) is 19.0 Å². The van der Waals surface area contributed by atoms with Gasteiger partial charge in [0.15, 0.2) is 5.11 Å². The molecule has 2 atom stereocenters. The van der Waals surface area contributed by atoms with Gasteiger partial charge in [-0.2, -0.15) is 0 Å². The van der Waals surface area contributed by atoms with Crippen LogP contribution in [0.15, 0.2) is 79.1 Å². The third kappa shape index (κ3) is 3.87. The first-order valence-corrected chi connectivity index (χ1v) is 11.1. The Labute approximate surface area is 200 Å². The Hall–Kier alpha value is -3.29. The molecule has 1 aliphatic rings. The molecule has 0 unspecified atom stereocenters. The number of benzene rings is 2. The molecule has 1 aliphatic heterocycles. The van der Waals surface area contributed by atoms with E-state index in [4.69, 9.17) is 23.8 Å². The van der Waals surface area contributed by atoms with Gasteiger partial charge in [0.05, 0.1) is 16.8 Å². The number of aryl methyl sites for hydroxylation is 1. The Morgan fingerprint density at radius 3 is 2.48 bits per heavy atom. The van der Waals surface area contributed by atoms with Gasteiger partial charge in [0.1, 0.15) is 17.7 Å². The van der Waals surface area contributed by atoms with Gasteiger partial charge >= 0.3 is 0 Å². The third-order valence-corrected chi connectivity index (χ3v) is 6.39. The van der Waals surface area contributed by atoms with Crippen LogP contribution in [0, 0.1) is 18.6 Å². The summed E-state index contributed by atoms with van der Waals surface area (Å²) < 4.78 is 29.8.